The molecule has 1 N–H and O–H groups in total. The summed E-state index contributed by atoms with van der Waals surface area (Å²) in [7, 11) is 0. The van der Waals surface area contributed by atoms with Crippen LogP contribution in [0.15, 0.2) is 18.2 Å². The third kappa shape index (κ3) is 2.63. The van der Waals surface area contributed by atoms with E-state index < -0.39 is 0 Å². The molecule has 1 amide bonds. The highest BCUT2D eigenvalue weighted by atomic mass is 35.5. The first-order valence-corrected chi connectivity index (χ1v) is 7.59. The van der Waals surface area contributed by atoms with E-state index in [4.69, 9.17) is 23.2 Å². The molecule has 1 aliphatic rings. The smallest absolute Gasteiger partial charge is 0.223 e. The summed E-state index contributed by atoms with van der Waals surface area (Å²) < 4.78 is 2.02. The molecule has 0 spiro atoms. The number of rotatable bonds is 5. The van der Waals surface area contributed by atoms with Crippen molar-refractivity contribution >= 4 is 40.1 Å². The fourth-order valence-electron chi connectivity index (χ4n) is 2.29. The van der Waals surface area contributed by atoms with Gasteiger partial charge in [-0.2, -0.15) is 0 Å². The maximum atomic E-state index is 11.6. The minimum Gasteiger partial charge on any atom is -0.354 e. The van der Waals surface area contributed by atoms with Crippen LogP contribution in [0.4, 0.5) is 0 Å². The van der Waals surface area contributed by atoms with Gasteiger partial charge in [-0.3, -0.25) is 4.79 Å². The van der Waals surface area contributed by atoms with Gasteiger partial charge < -0.3 is 9.88 Å². The molecule has 3 rings (SSSR count). The molecular formula is C14H15Cl2N3O. The van der Waals surface area contributed by atoms with Crippen LogP contribution >= 0.6 is 23.2 Å². The number of imidazole rings is 1. The topological polar surface area (TPSA) is 46.9 Å². The standard InChI is InChI=1S/C14H15Cl2N3O/c15-8-12-18-13-10(16)2-1-3-11(13)19(12)7-6-17-14(20)9-4-5-9/h1-3,9H,4-8H2,(H,17,20). The van der Waals surface area contributed by atoms with Gasteiger partial charge in [-0.15, -0.1) is 11.6 Å². The normalized spacial score (nSPS) is 14.7. The number of hydrogen-bond donors (Lipinski definition) is 1. The number of nitrogens with zero attached hydrogens (tertiary/aromatic N) is 2. The van der Waals surface area contributed by atoms with E-state index in [1.807, 2.05) is 22.8 Å². The van der Waals surface area contributed by atoms with Crippen molar-refractivity contribution in [3.8, 4) is 0 Å². The van der Waals surface area contributed by atoms with Crippen LogP contribution in [0.25, 0.3) is 11.0 Å². The van der Waals surface area contributed by atoms with Crippen LogP contribution < -0.4 is 5.32 Å². The first-order valence-electron chi connectivity index (χ1n) is 6.68. The first-order chi connectivity index (χ1) is 9.70. The third-order valence-corrected chi connectivity index (χ3v) is 4.06. The average molecular weight is 312 g/mol. The van der Waals surface area contributed by atoms with Gasteiger partial charge in [0, 0.05) is 19.0 Å². The van der Waals surface area contributed by atoms with Gasteiger partial charge in [0.05, 0.1) is 16.4 Å². The Bertz CT molecular complexity index is 649. The van der Waals surface area contributed by atoms with Crippen molar-refractivity contribution in [3.63, 3.8) is 0 Å². The molecule has 1 heterocycles. The van der Waals surface area contributed by atoms with E-state index in [0.29, 0.717) is 24.0 Å². The number of amides is 1. The molecule has 1 aliphatic carbocycles. The minimum absolute atomic E-state index is 0.153. The van der Waals surface area contributed by atoms with E-state index >= 15 is 0 Å². The van der Waals surface area contributed by atoms with E-state index in [1.165, 1.54) is 0 Å². The molecule has 20 heavy (non-hydrogen) atoms. The number of carbonyl (C=O) groups is 1. The van der Waals surface area contributed by atoms with Crippen molar-refractivity contribution in [2.45, 2.75) is 25.3 Å². The summed E-state index contributed by atoms with van der Waals surface area (Å²) in [5.41, 5.74) is 1.71. The zero-order valence-electron chi connectivity index (χ0n) is 10.9. The Balaban J connectivity index is 1.78. The molecule has 0 radical (unpaired) electrons. The van der Waals surface area contributed by atoms with Gasteiger partial charge >= 0.3 is 0 Å². The second-order valence-electron chi connectivity index (χ2n) is 4.99. The molecule has 4 nitrogen and oxygen atoms in total. The van der Waals surface area contributed by atoms with Crippen LogP contribution in [-0.4, -0.2) is 22.0 Å². The van der Waals surface area contributed by atoms with Crippen molar-refractivity contribution in [3.05, 3.63) is 29.0 Å². The van der Waals surface area contributed by atoms with Gasteiger partial charge in [0.1, 0.15) is 11.3 Å². The van der Waals surface area contributed by atoms with Crippen molar-refractivity contribution < 1.29 is 4.79 Å². The van der Waals surface area contributed by atoms with Gasteiger partial charge in [-0.05, 0) is 25.0 Å². The maximum Gasteiger partial charge on any atom is 0.223 e. The van der Waals surface area contributed by atoms with E-state index in [2.05, 4.69) is 10.3 Å². The molecule has 1 aromatic carbocycles. The molecule has 0 saturated heterocycles. The molecule has 0 aliphatic heterocycles. The zero-order chi connectivity index (χ0) is 14.1. The molecule has 0 atom stereocenters. The number of carbonyl (C=O) groups excluding carboxylic acids is 1. The van der Waals surface area contributed by atoms with E-state index in [0.717, 1.165) is 29.7 Å². The predicted octanol–water partition coefficient (Wildman–Crippen LogP) is 2.95. The summed E-state index contributed by atoms with van der Waals surface area (Å²) in [6, 6.07) is 5.67. The SMILES string of the molecule is O=C(NCCn1c(CCl)nc2c(Cl)cccc21)C1CC1. The van der Waals surface area contributed by atoms with Crippen LogP contribution in [0.2, 0.25) is 5.02 Å². The molecule has 0 unspecified atom stereocenters. The Morgan fingerprint density at radius 3 is 2.95 bits per heavy atom. The van der Waals surface area contributed by atoms with Crippen molar-refractivity contribution in [1.82, 2.24) is 14.9 Å². The summed E-state index contributed by atoms with van der Waals surface area (Å²) in [6.07, 6.45) is 2.03. The number of nitrogens with one attached hydrogen (secondary N) is 1. The Kier molecular flexibility index (Phi) is 3.85. The highest BCUT2D eigenvalue weighted by Gasteiger charge is 2.29. The van der Waals surface area contributed by atoms with Gasteiger partial charge in [-0.1, -0.05) is 17.7 Å². The lowest BCUT2D eigenvalue weighted by molar-refractivity contribution is -0.122. The largest absolute Gasteiger partial charge is 0.354 e. The predicted molar refractivity (Wildman–Crippen MR) is 80.0 cm³/mol. The van der Waals surface area contributed by atoms with E-state index in [9.17, 15) is 4.79 Å². The summed E-state index contributed by atoms with van der Waals surface area (Å²) in [5.74, 6) is 1.48. The molecule has 1 aromatic heterocycles. The van der Waals surface area contributed by atoms with E-state index in [1.54, 1.807) is 0 Å². The number of alkyl halides is 1. The van der Waals surface area contributed by atoms with Crippen LogP contribution in [0.3, 0.4) is 0 Å². The maximum absolute atomic E-state index is 11.6. The molecule has 1 fully saturated rings. The molecular weight excluding hydrogens is 297 g/mol. The van der Waals surface area contributed by atoms with Gasteiger partial charge in [0.25, 0.3) is 0 Å². The van der Waals surface area contributed by atoms with E-state index in [-0.39, 0.29) is 11.8 Å². The number of hydrogen-bond acceptors (Lipinski definition) is 2. The fourth-order valence-corrected chi connectivity index (χ4v) is 2.71. The molecule has 6 heteroatoms. The quantitative estimate of drug-likeness (QED) is 0.863. The van der Waals surface area contributed by atoms with Crippen LogP contribution in [-0.2, 0) is 17.2 Å². The van der Waals surface area contributed by atoms with Crippen LogP contribution in [0.5, 0.6) is 0 Å². The zero-order valence-corrected chi connectivity index (χ0v) is 12.4. The number of aromatic nitrogens is 2. The van der Waals surface area contributed by atoms with Crippen molar-refractivity contribution in [2.24, 2.45) is 5.92 Å². The fraction of sp³-hybridized carbons (Fsp3) is 0.429. The first kappa shape index (κ1) is 13.7. The van der Waals surface area contributed by atoms with Gasteiger partial charge in [0.2, 0.25) is 5.91 Å². The lowest BCUT2D eigenvalue weighted by Crippen LogP contribution is -2.28. The Hall–Kier alpha value is -1.26. The lowest BCUT2D eigenvalue weighted by atomic mass is 10.3. The highest BCUT2D eigenvalue weighted by molar-refractivity contribution is 6.35. The summed E-state index contributed by atoms with van der Waals surface area (Å²) >= 11 is 12.1. The monoisotopic (exact) mass is 311 g/mol. The summed E-state index contributed by atoms with van der Waals surface area (Å²) in [5, 5.41) is 3.57. The van der Waals surface area contributed by atoms with Gasteiger partial charge in [-0.25, -0.2) is 4.98 Å². The number of para-hydroxylation sites is 1. The molecule has 106 valence electrons. The Morgan fingerprint density at radius 2 is 2.25 bits per heavy atom. The summed E-state index contributed by atoms with van der Waals surface area (Å²) in [4.78, 5) is 16.1. The molecule has 1 saturated carbocycles. The number of halogens is 2. The average Bonchev–Trinajstić information content (AvgIpc) is 3.23. The molecule has 0 bridgehead atoms. The Labute approximate surface area is 127 Å². The third-order valence-electron chi connectivity index (χ3n) is 3.51. The van der Waals surface area contributed by atoms with Crippen molar-refractivity contribution in [1.29, 1.82) is 0 Å². The number of fused-ring (bicyclic) bond motifs is 1. The second-order valence-corrected chi connectivity index (χ2v) is 5.66. The lowest BCUT2D eigenvalue weighted by Gasteiger charge is -2.09. The van der Waals surface area contributed by atoms with Crippen molar-refractivity contribution in [2.75, 3.05) is 6.54 Å². The minimum atomic E-state index is 0.153. The van der Waals surface area contributed by atoms with Gasteiger partial charge in [0.15, 0.2) is 0 Å². The highest BCUT2D eigenvalue weighted by Crippen LogP contribution is 2.28. The Morgan fingerprint density at radius 1 is 1.45 bits per heavy atom. The second kappa shape index (κ2) is 5.62. The van der Waals surface area contributed by atoms with Crippen LogP contribution in [0, 0.1) is 5.92 Å². The summed E-state index contributed by atoms with van der Waals surface area (Å²) in [6.45, 7) is 1.23. The molecule has 2 aromatic rings. The number of benzene rings is 1. The van der Waals surface area contributed by atoms with Crippen LogP contribution in [0.1, 0.15) is 18.7 Å².